The molecule has 1 atom stereocenters. The Kier molecular flexibility index (Phi) is 7.86. The van der Waals surface area contributed by atoms with Gasteiger partial charge in [0.05, 0.1) is 17.0 Å². The lowest BCUT2D eigenvalue weighted by atomic mass is 10.1. The second kappa shape index (κ2) is 9.95. The fourth-order valence-electron chi connectivity index (χ4n) is 2.93. The highest BCUT2D eigenvalue weighted by Gasteiger charge is 2.30. The van der Waals surface area contributed by atoms with Crippen LogP contribution < -0.4 is 9.62 Å². The molecule has 30 heavy (non-hydrogen) atoms. The molecule has 0 bridgehead atoms. The molecule has 0 unspecified atom stereocenters. The van der Waals surface area contributed by atoms with Crippen molar-refractivity contribution >= 4 is 39.1 Å². The van der Waals surface area contributed by atoms with Gasteiger partial charge in [0.15, 0.2) is 0 Å². The standard InChI is InChI=1S/C21H26ClN3O4S/c1-15-9-11-17(12-10-15)13-24(16(2)21(27)23-3)20(26)14-25(30(4,28)29)19-8-6-5-7-18(19)22/h5-12,16H,13-14H2,1-4H3,(H,23,27)/t16-/m0/s1. The monoisotopic (exact) mass is 451 g/mol. The maximum atomic E-state index is 13.2. The Morgan fingerprint density at radius 3 is 2.23 bits per heavy atom. The molecule has 0 spiro atoms. The fraction of sp³-hybridized carbons (Fsp3) is 0.333. The average molecular weight is 452 g/mol. The van der Waals surface area contributed by atoms with Crippen molar-refractivity contribution in [1.29, 1.82) is 0 Å². The summed E-state index contributed by atoms with van der Waals surface area (Å²) < 4.78 is 25.8. The number of nitrogens with one attached hydrogen (secondary N) is 1. The molecule has 0 aliphatic heterocycles. The van der Waals surface area contributed by atoms with Crippen LogP contribution in [-0.4, -0.2) is 51.0 Å². The van der Waals surface area contributed by atoms with E-state index in [0.717, 1.165) is 21.7 Å². The van der Waals surface area contributed by atoms with Crippen LogP contribution in [0.4, 0.5) is 5.69 Å². The van der Waals surface area contributed by atoms with Crippen molar-refractivity contribution in [3.05, 3.63) is 64.7 Å². The highest BCUT2D eigenvalue weighted by molar-refractivity contribution is 7.92. The second-order valence-corrected chi connectivity index (χ2v) is 9.33. The molecule has 2 rings (SSSR count). The van der Waals surface area contributed by atoms with Crippen LogP contribution in [0.3, 0.4) is 0 Å². The van der Waals surface area contributed by atoms with Crippen LogP contribution >= 0.6 is 11.6 Å². The molecule has 0 fully saturated rings. The van der Waals surface area contributed by atoms with Gasteiger partial charge in [-0.1, -0.05) is 53.6 Å². The van der Waals surface area contributed by atoms with Crippen LogP contribution in [0.25, 0.3) is 0 Å². The van der Waals surface area contributed by atoms with E-state index in [-0.39, 0.29) is 23.2 Å². The van der Waals surface area contributed by atoms with Gasteiger partial charge in [-0.2, -0.15) is 0 Å². The average Bonchev–Trinajstić information content (AvgIpc) is 2.70. The largest absolute Gasteiger partial charge is 0.357 e. The van der Waals surface area contributed by atoms with Gasteiger partial charge in [0.2, 0.25) is 21.8 Å². The number of aryl methyl sites for hydroxylation is 1. The fourth-order valence-corrected chi connectivity index (χ4v) is 4.08. The number of carbonyl (C=O) groups is 2. The van der Waals surface area contributed by atoms with Crippen molar-refractivity contribution in [3.63, 3.8) is 0 Å². The summed E-state index contributed by atoms with van der Waals surface area (Å²) in [4.78, 5) is 26.8. The van der Waals surface area contributed by atoms with Gasteiger partial charge in [0.25, 0.3) is 0 Å². The maximum absolute atomic E-state index is 13.2. The van der Waals surface area contributed by atoms with Gasteiger partial charge in [0.1, 0.15) is 12.6 Å². The number of rotatable bonds is 8. The van der Waals surface area contributed by atoms with Crippen molar-refractivity contribution in [2.75, 3.05) is 24.2 Å². The summed E-state index contributed by atoms with van der Waals surface area (Å²) in [6.45, 7) is 3.24. The zero-order valence-electron chi connectivity index (χ0n) is 17.4. The van der Waals surface area contributed by atoms with Crippen molar-refractivity contribution in [2.24, 2.45) is 0 Å². The number of benzene rings is 2. The molecule has 162 valence electrons. The van der Waals surface area contributed by atoms with E-state index in [1.54, 1.807) is 25.1 Å². The van der Waals surface area contributed by atoms with Gasteiger partial charge < -0.3 is 10.2 Å². The predicted molar refractivity (Wildman–Crippen MR) is 119 cm³/mol. The highest BCUT2D eigenvalue weighted by atomic mass is 35.5. The molecule has 0 aliphatic rings. The molecule has 7 nitrogen and oxygen atoms in total. The van der Waals surface area contributed by atoms with Gasteiger partial charge >= 0.3 is 0 Å². The molecule has 0 heterocycles. The van der Waals surface area contributed by atoms with E-state index in [4.69, 9.17) is 11.6 Å². The SMILES string of the molecule is CNC(=O)[C@H](C)N(Cc1ccc(C)cc1)C(=O)CN(c1ccccc1Cl)S(C)(=O)=O. The number of anilines is 1. The molecule has 0 aromatic heterocycles. The summed E-state index contributed by atoms with van der Waals surface area (Å²) in [5, 5.41) is 2.74. The lowest BCUT2D eigenvalue weighted by Gasteiger charge is -2.31. The van der Waals surface area contributed by atoms with Crippen LogP contribution in [0.15, 0.2) is 48.5 Å². The van der Waals surface area contributed by atoms with Gasteiger partial charge in [0, 0.05) is 13.6 Å². The summed E-state index contributed by atoms with van der Waals surface area (Å²) in [7, 11) is -2.31. The number of sulfonamides is 1. The molecule has 0 saturated carbocycles. The van der Waals surface area contributed by atoms with Crippen LogP contribution in [-0.2, 0) is 26.2 Å². The number of likely N-dealkylation sites (N-methyl/N-ethyl adjacent to an activating group) is 1. The first-order valence-electron chi connectivity index (χ1n) is 9.33. The van der Waals surface area contributed by atoms with E-state index in [1.807, 2.05) is 31.2 Å². The van der Waals surface area contributed by atoms with Crippen molar-refractivity contribution in [3.8, 4) is 0 Å². The van der Waals surface area contributed by atoms with Gasteiger partial charge in [-0.3, -0.25) is 13.9 Å². The molecular formula is C21H26ClN3O4S. The smallest absolute Gasteiger partial charge is 0.244 e. The molecule has 1 N–H and O–H groups in total. The minimum absolute atomic E-state index is 0.161. The molecule has 0 radical (unpaired) electrons. The number of amides is 2. The number of para-hydroxylation sites is 1. The third-order valence-electron chi connectivity index (χ3n) is 4.69. The quantitative estimate of drug-likeness (QED) is 0.668. The second-order valence-electron chi connectivity index (χ2n) is 7.02. The molecule has 0 saturated heterocycles. The molecule has 0 aliphatic carbocycles. The first-order chi connectivity index (χ1) is 14.0. The summed E-state index contributed by atoms with van der Waals surface area (Å²) in [5.41, 5.74) is 2.10. The molecule has 2 aromatic rings. The Hall–Kier alpha value is -2.58. The molecular weight excluding hydrogens is 426 g/mol. The Morgan fingerprint density at radius 2 is 1.70 bits per heavy atom. The number of carbonyl (C=O) groups excluding carboxylic acids is 2. The van der Waals surface area contributed by atoms with Crippen LogP contribution in [0, 0.1) is 6.92 Å². The maximum Gasteiger partial charge on any atom is 0.244 e. The number of hydrogen-bond donors (Lipinski definition) is 1. The molecule has 2 aromatic carbocycles. The Morgan fingerprint density at radius 1 is 1.10 bits per heavy atom. The van der Waals surface area contributed by atoms with Gasteiger partial charge in [-0.05, 0) is 31.5 Å². The lowest BCUT2D eigenvalue weighted by molar-refractivity contribution is -0.139. The van der Waals surface area contributed by atoms with Gasteiger partial charge in [-0.25, -0.2) is 8.42 Å². The highest BCUT2D eigenvalue weighted by Crippen LogP contribution is 2.27. The zero-order chi connectivity index (χ0) is 22.5. The Labute approximate surface area is 182 Å². The van der Waals surface area contributed by atoms with Crippen LogP contribution in [0.5, 0.6) is 0 Å². The summed E-state index contributed by atoms with van der Waals surface area (Å²) in [6, 6.07) is 13.2. The van der Waals surface area contributed by atoms with Gasteiger partial charge in [-0.15, -0.1) is 0 Å². The van der Waals surface area contributed by atoms with E-state index >= 15 is 0 Å². The predicted octanol–water partition coefficient (Wildman–Crippen LogP) is 2.58. The Balaban J connectivity index is 2.38. The molecule has 2 amide bonds. The summed E-state index contributed by atoms with van der Waals surface area (Å²) >= 11 is 6.17. The lowest BCUT2D eigenvalue weighted by Crippen LogP contribution is -2.50. The van der Waals surface area contributed by atoms with E-state index in [1.165, 1.54) is 18.0 Å². The van der Waals surface area contributed by atoms with E-state index in [0.29, 0.717) is 0 Å². The van der Waals surface area contributed by atoms with E-state index in [2.05, 4.69) is 5.32 Å². The third-order valence-corrected chi connectivity index (χ3v) is 6.13. The van der Waals surface area contributed by atoms with Crippen LogP contribution in [0.2, 0.25) is 5.02 Å². The summed E-state index contributed by atoms with van der Waals surface area (Å²) in [6.07, 6.45) is 1.01. The van der Waals surface area contributed by atoms with E-state index < -0.39 is 28.5 Å². The zero-order valence-corrected chi connectivity index (χ0v) is 19.0. The van der Waals surface area contributed by atoms with Crippen molar-refractivity contribution in [1.82, 2.24) is 10.2 Å². The van der Waals surface area contributed by atoms with Crippen molar-refractivity contribution in [2.45, 2.75) is 26.4 Å². The topological polar surface area (TPSA) is 86.8 Å². The number of halogens is 1. The minimum atomic E-state index is -3.80. The number of hydrogen-bond acceptors (Lipinski definition) is 4. The van der Waals surface area contributed by atoms with Crippen LogP contribution in [0.1, 0.15) is 18.1 Å². The first kappa shape index (κ1) is 23.7. The molecule has 9 heteroatoms. The third kappa shape index (κ3) is 5.96. The summed E-state index contributed by atoms with van der Waals surface area (Å²) in [5.74, 6) is -0.865. The normalized spacial score (nSPS) is 12.2. The van der Waals surface area contributed by atoms with E-state index in [9.17, 15) is 18.0 Å². The Bertz CT molecular complexity index is 1010. The number of nitrogens with zero attached hydrogens (tertiary/aromatic N) is 2. The first-order valence-corrected chi connectivity index (χ1v) is 11.6. The van der Waals surface area contributed by atoms with Crippen molar-refractivity contribution < 1.29 is 18.0 Å². The minimum Gasteiger partial charge on any atom is -0.357 e.